The first-order chi connectivity index (χ1) is 16.4. The Hall–Kier alpha value is -3.68. The molecule has 2 unspecified atom stereocenters. The quantitative estimate of drug-likeness (QED) is 0.176. The summed E-state index contributed by atoms with van der Waals surface area (Å²) in [6.07, 6.45) is 1.43. The fourth-order valence-electron chi connectivity index (χ4n) is 3.61. The minimum Gasteiger partial charge on any atom is -0.423 e. The topological polar surface area (TPSA) is 96.9 Å². The lowest BCUT2D eigenvalue weighted by Crippen LogP contribution is -2.34. The Bertz CT molecular complexity index is 1250. The second kappa shape index (κ2) is 10.5. The maximum absolute atomic E-state index is 12.6. The number of amides is 2. The third-order valence-corrected chi connectivity index (χ3v) is 5.87. The van der Waals surface area contributed by atoms with E-state index in [-0.39, 0.29) is 22.4 Å². The summed E-state index contributed by atoms with van der Waals surface area (Å²) in [4.78, 5) is 37.1. The van der Waals surface area contributed by atoms with Crippen molar-refractivity contribution in [2.45, 2.75) is 5.92 Å². The number of ether oxygens (including phenoxy) is 1. The molecule has 7 nitrogen and oxygen atoms in total. The second-order valence-corrected chi connectivity index (χ2v) is 8.40. The van der Waals surface area contributed by atoms with Crippen molar-refractivity contribution in [3.8, 4) is 5.75 Å². The van der Waals surface area contributed by atoms with Crippen molar-refractivity contribution in [2.24, 2.45) is 11.0 Å². The average molecular weight is 496 g/mol. The molecular weight excluding hydrogens is 477 g/mol. The number of carbonyl (C=O) groups is 3. The van der Waals surface area contributed by atoms with E-state index in [4.69, 9.17) is 27.9 Å². The van der Waals surface area contributed by atoms with Gasteiger partial charge in [-0.1, -0.05) is 53.5 Å². The molecule has 0 radical (unpaired) electrons. The predicted molar refractivity (Wildman–Crippen MR) is 129 cm³/mol. The molecule has 172 valence electrons. The monoisotopic (exact) mass is 495 g/mol. The summed E-state index contributed by atoms with van der Waals surface area (Å²) in [6.45, 7) is 0.395. The molecule has 34 heavy (non-hydrogen) atoms. The van der Waals surface area contributed by atoms with Gasteiger partial charge >= 0.3 is 5.97 Å². The van der Waals surface area contributed by atoms with Crippen LogP contribution < -0.4 is 15.5 Å². The molecular formula is C25H19Cl2N3O4. The number of esters is 1. The third kappa shape index (κ3) is 5.44. The highest BCUT2D eigenvalue weighted by Gasteiger charge is 2.40. The van der Waals surface area contributed by atoms with Crippen LogP contribution in [0, 0.1) is 5.92 Å². The molecule has 9 heteroatoms. The van der Waals surface area contributed by atoms with Crippen LogP contribution in [-0.2, 0) is 9.59 Å². The highest BCUT2D eigenvalue weighted by molar-refractivity contribution is 6.36. The van der Waals surface area contributed by atoms with Gasteiger partial charge < -0.3 is 10.1 Å². The molecule has 2 N–H and O–H groups in total. The van der Waals surface area contributed by atoms with Gasteiger partial charge in [-0.05, 0) is 53.6 Å². The van der Waals surface area contributed by atoms with Crippen LogP contribution in [0.3, 0.4) is 0 Å². The lowest BCUT2D eigenvalue weighted by Gasteiger charge is -2.15. The van der Waals surface area contributed by atoms with Gasteiger partial charge in [0.2, 0.25) is 5.91 Å². The van der Waals surface area contributed by atoms with Crippen molar-refractivity contribution in [1.82, 2.24) is 10.7 Å². The van der Waals surface area contributed by atoms with Crippen LogP contribution in [0.4, 0.5) is 0 Å². The van der Waals surface area contributed by atoms with E-state index in [0.717, 1.165) is 5.56 Å². The van der Waals surface area contributed by atoms with Gasteiger partial charge in [-0.2, -0.15) is 5.10 Å². The lowest BCUT2D eigenvalue weighted by atomic mass is 9.88. The minimum absolute atomic E-state index is 0.197. The first-order valence-corrected chi connectivity index (χ1v) is 11.1. The summed E-state index contributed by atoms with van der Waals surface area (Å²) < 4.78 is 5.33. The summed E-state index contributed by atoms with van der Waals surface area (Å²) in [5, 5.41) is 7.32. The molecule has 0 bridgehead atoms. The van der Waals surface area contributed by atoms with Crippen LogP contribution in [0.15, 0.2) is 77.9 Å². The molecule has 0 spiro atoms. The summed E-state index contributed by atoms with van der Waals surface area (Å²) in [6, 6.07) is 20.4. The molecule has 2 atom stereocenters. The van der Waals surface area contributed by atoms with Gasteiger partial charge in [-0.15, -0.1) is 0 Å². The number of hydrogen-bond donors (Lipinski definition) is 2. The second-order valence-electron chi connectivity index (χ2n) is 7.56. The Labute approximate surface area is 205 Å². The fraction of sp³-hybridized carbons (Fsp3) is 0.120. The minimum atomic E-state index is -0.860. The van der Waals surface area contributed by atoms with E-state index in [1.54, 1.807) is 30.3 Å². The number of nitrogens with zero attached hydrogens (tertiary/aromatic N) is 1. The summed E-state index contributed by atoms with van der Waals surface area (Å²) in [7, 11) is 0. The van der Waals surface area contributed by atoms with Crippen LogP contribution >= 0.6 is 23.2 Å². The number of carbonyl (C=O) groups excluding carboxylic acids is 3. The van der Waals surface area contributed by atoms with E-state index in [0.29, 0.717) is 22.9 Å². The zero-order chi connectivity index (χ0) is 24.1. The van der Waals surface area contributed by atoms with Crippen molar-refractivity contribution >= 4 is 47.2 Å². The van der Waals surface area contributed by atoms with Gasteiger partial charge in [0.15, 0.2) is 0 Å². The highest BCUT2D eigenvalue weighted by atomic mass is 35.5. The molecule has 1 fully saturated rings. The first kappa shape index (κ1) is 23.5. The molecule has 3 aromatic rings. The zero-order valence-electron chi connectivity index (χ0n) is 17.7. The van der Waals surface area contributed by atoms with E-state index < -0.39 is 17.8 Å². The number of halogens is 2. The van der Waals surface area contributed by atoms with E-state index in [2.05, 4.69) is 15.8 Å². The SMILES string of the molecule is O=C(Oc1ccc(C=NNC(=O)C2C(=O)NCC2c2ccccc2)cc1)c1ccc(Cl)cc1Cl. The number of nitrogens with one attached hydrogen (secondary N) is 2. The van der Waals surface area contributed by atoms with Crippen LogP contribution in [0.1, 0.15) is 27.4 Å². The van der Waals surface area contributed by atoms with Gasteiger partial charge in [-0.25, -0.2) is 10.2 Å². The highest BCUT2D eigenvalue weighted by Crippen LogP contribution is 2.29. The van der Waals surface area contributed by atoms with Crippen LogP contribution in [0.5, 0.6) is 5.75 Å². The van der Waals surface area contributed by atoms with E-state index in [9.17, 15) is 14.4 Å². The van der Waals surface area contributed by atoms with Crippen molar-refractivity contribution < 1.29 is 19.1 Å². The van der Waals surface area contributed by atoms with Crippen molar-refractivity contribution in [2.75, 3.05) is 6.54 Å². The fourth-order valence-corrected chi connectivity index (χ4v) is 4.10. The van der Waals surface area contributed by atoms with E-state index in [1.165, 1.54) is 18.3 Å². The molecule has 1 aliphatic rings. The zero-order valence-corrected chi connectivity index (χ0v) is 19.2. The normalized spacial score (nSPS) is 17.4. The Morgan fingerprint density at radius 2 is 1.76 bits per heavy atom. The molecule has 1 saturated heterocycles. The van der Waals surface area contributed by atoms with Crippen molar-refractivity contribution in [3.05, 3.63) is 99.5 Å². The number of hydrogen-bond acceptors (Lipinski definition) is 5. The third-order valence-electron chi connectivity index (χ3n) is 5.32. The summed E-state index contributed by atoms with van der Waals surface area (Å²) >= 11 is 11.9. The molecule has 0 aromatic heterocycles. The summed E-state index contributed by atoms with van der Waals surface area (Å²) in [5.74, 6) is -2.23. The van der Waals surface area contributed by atoms with Crippen molar-refractivity contribution in [3.63, 3.8) is 0 Å². The molecule has 1 aliphatic heterocycles. The maximum Gasteiger partial charge on any atom is 0.345 e. The number of hydrazone groups is 1. The summed E-state index contributed by atoms with van der Waals surface area (Å²) in [5.41, 5.74) is 4.20. The molecule has 0 aliphatic carbocycles. The van der Waals surface area contributed by atoms with Gasteiger partial charge in [0.25, 0.3) is 5.91 Å². The first-order valence-electron chi connectivity index (χ1n) is 10.4. The van der Waals surface area contributed by atoms with Gasteiger partial charge in [-0.3, -0.25) is 9.59 Å². The predicted octanol–water partition coefficient (Wildman–Crippen LogP) is 4.19. The largest absolute Gasteiger partial charge is 0.423 e. The standard InChI is InChI=1S/C25H19Cl2N3O4/c26-17-8-11-19(21(27)12-17)25(33)34-18-9-6-15(7-10-18)13-29-30-24(32)22-20(14-28-23(22)31)16-4-2-1-3-5-16/h1-13,20,22H,14H2,(H,28,31)(H,30,32). The van der Waals surface area contributed by atoms with Crippen LogP contribution in [0.2, 0.25) is 10.0 Å². The van der Waals surface area contributed by atoms with E-state index in [1.807, 2.05) is 30.3 Å². The molecule has 0 saturated carbocycles. The molecule has 3 aromatic carbocycles. The van der Waals surface area contributed by atoms with Gasteiger partial charge in [0.05, 0.1) is 16.8 Å². The Balaban J connectivity index is 1.35. The number of rotatable bonds is 6. The molecule has 4 rings (SSSR count). The lowest BCUT2D eigenvalue weighted by molar-refractivity contribution is -0.133. The molecule has 2 amide bonds. The van der Waals surface area contributed by atoms with Gasteiger partial charge in [0, 0.05) is 17.5 Å². The van der Waals surface area contributed by atoms with Crippen LogP contribution in [-0.4, -0.2) is 30.5 Å². The van der Waals surface area contributed by atoms with Gasteiger partial charge in [0.1, 0.15) is 11.7 Å². The number of benzene rings is 3. The average Bonchev–Trinajstić information content (AvgIpc) is 3.22. The Kier molecular flexibility index (Phi) is 7.25. The smallest absolute Gasteiger partial charge is 0.345 e. The Morgan fingerprint density at radius 1 is 1.03 bits per heavy atom. The maximum atomic E-state index is 12.6. The Morgan fingerprint density at radius 3 is 2.47 bits per heavy atom. The molecule has 1 heterocycles. The van der Waals surface area contributed by atoms with Crippen LogP contribution in [0.25, 0.3) is 0 Å². The van der Waals surface area contributed by atoms with Crippen molar-refractivity contribution in [1.29, 1.82) is 0 Å². The van der Waals surface area contributed by atoms with E-state index >= 15 is 0 Å².